The van der Waals surface area contributed by atoms with Gasteiger partial charge < -0.3 is 10.3 Å². The largest absolute Gasteiger partial charge is 0.363 e. The van der Waals surface area contributed by atoms with Crippen LogP contribution in [0.15, 0.2) is 17.2 Å². The van der Waals surface area contributed by atoms with Crippen molar-refractivity contribution in [3.63, 3.8) is 0 Å². The third-order valence-electron chi connectivity index (χ3n) is 4.88. The van der Waals surface area contributed by atoms with Crippen LogP contribution in [0.1, 0.15) is 44.2 Å². The van der Waals surface area contributed by atoms with E-state index in [9.17, 15) is 8.42 Å². The molecule has 1 saturated carbocycles. The van der Waals surface area contributed by atoms with Crippen molar-refractivity contribution < 1.29 is 8.42 Å². The fourth-order valence-electron chi connectivity index (χ4n) is 3.87. The molecule has 1 aromatic rings. The zero-order valence-electron chi connectivity index (χ0n) is 12.6. The van der Waals surface area contributed by atoms with E-state index < -0.39 is 10.0 Å². The number of aromatic nitrogens is 1. The van der Waals surface area contributed by atoms with E-state index in [2.05, 4.69) is 10.3 Å². The molecule has 0 amide bonds. The first-order valence-electron chi connectivity index (χ1n) is 7.96. The van der Waals surface area contributed by atoms with Gasteiger partial charge in [0.25, 0.3) is 0 Å². The van der Waals surface area contributed by atoms with Gasteiger partial charge in [-0.05, 0) is 44.7 Å². The minimum atomic E-state index is -3.35. The molecule has 0 bridgehead atoms. The van der Waals surface area contributed by atoms with E-state index in [0.29, 0.717) is 23.9 Å². The number of sulfonamides is 1. The highest BCUT2D eigenvalue weighted by molar-refractivity contribution is 7.89. The highest BCUT2D eigenvalue weighted by Crippen LogP contribution is 2.38. The third kappa shape index (κ3) is 2.89. The fraction of sp³-hybridized carbons (Fsp3) is 0.733. The molecule has 1 aliphatic carbocycles. The van der Waals surface area contributed by atoms with Crippen molar-refractivity contribution in [2.75, 3.05) is 13.6 Å². The number of hydrogen-bond acceptors (Lipinski definition) is 3. The molecule has 1 aliphatic heterocycles. The monoisotopic (exact) mass is 311 g/mol. The van der Waals surface area contributed by atoms with Crippen molar-refractivity contribution in [1.82, 2.24) is 14.6 Å². The summed E-state index contributed by atoms with van der Waals surface area (Å²) >= 11 is 0. The summed E-state index contributed by atoms with van der Waals surface area (Å²) in [5.41, 5.74) is 0.910. The van der Waals surface area contributed by atoms with Gasteiger partial charge in [0.15, 0.2) is 0 Å². The first kappa shape index (κ1) is 15.1. The van der Waals surface area contributed by atoms with Gasteiger partial charge in [0.05, 0.1) is 4.90 Å². The average molecular weight is 311 g/mol. The summed E-state index contributed by atoms with van der Waals surface area (Å²) in [6, 6.07) is 1.98. The molecule has 0 spiro atoms. The minimum Gasteiger partial charge on any atom is -0.363 e. The van der Waals surface area contributed by atoms with Crippen LogP contribution in [0.3, 0.4) is 0 Å². The van der Waals surface area contributed by atoms with Crippen LogP contribution in [0.25, 0.3) is 0 Å². The lowest BCUT2D eigenvalue weighted by Gasteiger charge is -2.28. The predicted octanol–water partition coefficient (Wildman–Crippen LogP) is 2.08. The molecule has 5 nitrogen and oxygen atoms in total. The van der Waals surface area contributed by atoms with Gasteiger partial charge in [-0.1, -0.05) is 12.8 Å². The summed E-state index contributed by atoms with van der Waals surface area (Å²) in [5, 5.41) is 3.03. The molecule has 1 aromatic heterocycles. The van der Waals surface area contributed by atoms with Crippen molar-refractivity contribution in [3.8, 4) is 0 Å². The van der Waals surface area contributed by atoms with Gasteiger partial charge in [0.2, 0.25) is 10.0 Å². The molecule has 0 aromatic carbocycles. The summed E-state index contributed by atoms with van der Waals surface area (Å²) < 4.78 is 27.6. The molecule has 0 radical (unpaired) electrons. The van der Waals surface area contributed by atoms with Crippen LogP contribution in [-0.4, -0.2) is 37.3 Å². The normalized spacial score (nSPS) is 24.9. The molecule has 2 aliphatic rings. The Kier molecular flexibility index (Phi) is 4.38. The lowest BCUT2D eigenvalue weighted by atomic mass is 9.97. The maximum absolute atomic E-state index is 12.9. The lowest BCUT2D eigenvalue weighted by molar-refractivity contribution is 0.288. The second kappa shape index (κ2) is 6.10. The first-order chi connectivity index (χ1) is 10.1. The van der Waals surface area contributed by atoms with Gasteiger partial charge >= 0.3 is 0 Å². The van der Waals surface area contributed by atoms with E-state index in [0.717, 1.165) is 18.5 Å². The first-order valence-corrected chi connectivity index (χ1v) is 9.40. The zero-order valence-corrected chi connectivity index (χ0v) is 13.5. The van der Waals surface area contributed by atoms with Crippen LogP contribution in [0.4, 0.5) is 0 Å². The Balaban J connectivity index is 1.82. The van der Waals surface area contributed by atoms with Crippen molar-refractivity contribution in [2.24, 2.45) is 5.92 Å². The van der Waals surface area contributed by atoms with Crippen molar-refractivity contribution >= 4 is 10.0 Å². The molecule has 1 atom stereocenters. The van der Waals surface area contributed by atoms with Gasteiger partial charge in [-0.15, -0.1) is 0 Å². The molecule has 2 heterocycles. The van der Waals surface area contributed by atoms with Gasteiger partial charge in [0, 0.05) is 31.0 Å². The third-order valence-corrected chi connectivity index (χ3v) is 6.78. The Hall–Kier alpha value is -0.850. The second-order valence-corrected chi connectivity index (χ2v) is 8.15. The fourth-order valence-corrected chi connectivity index (χ4v) is 5.65. The maximum Gasteiger partial charge on any atom is 0.244 e. The van der Waals surface area contributed by atoms with Gasteiger partial charge in [-0.25, -0.2) is 8.42 Å². The predicted molar refractivity (Wildman–Crippen MR) is 82.4 cm³/mol. The maximum atomic E-state index is 12.9. The van der Waals surface area contributed by atoms with E-state index in [1.165, 1.54) is 25.7 Å². The van der Waals surface area contributed by atoms with Crippen LogP contribution >= 0.6 is 0 Å². The van der Waals surface area contributed by atoms with E-state index >= 15 is 0 Å². The summed E-state index contributed by atoms with van der Waals surface area (Å²) in [6.07, 6.45) is 8.54. The average Bonchev–Trinajstić information content (AvgIpc) is 3.20. The summed E-state index contributed by atoms with van der Waals surface area (Å²) in [4.78, 5) is 3.47. The molecule has 1 unspecified atom stereocenters. The van der Waals surface area contributed by atoms with Crippen molar-refractivity contribution in [3.05, 3.63) is 18.0 Å². The minimum absolute atomic E-state index is 0.222. The Morgan fingerprint density at radius 1 is 1.29 bits per heavy atom. The smallest absolute Gasteiger partial charge is 0.244 e. The lowest BCUT2D eigenvalue weighted by Crippen LogP contribution is -2.39. The van der Waals surface area contributed by atoms with Crippen molar-refractivity contribution in [1.29, 1.82) is 0 Å². The topological polar surface area (TPSA) is 65.2 Å². The Bertz CT molecular complexity index is 575. The number of hydrogen-bond donors (Lipinski definition) is 2. The van der Waals surface area contributed by atoms with Gasteiger partial charge in [0.1, 0.15) is 0 Å². The number of aromatic amines is 1. The highest BCUT2D eigenvalue weighted by atomic mass is 32.2. The van der Waals surface area contributed by atoms with Crippen LogP contribution in [0.2, 0.25) is 0 Å². The summed E-state index contributed by atoms with van der Waals surface area (Å²) in [6.45, 7) is 1.33. The van der Waals surface area contributed by atoms with Crippen LogP contribution in [-0.2, 0) is 16.6 Å². The zero-order chi connectivity index (χ0) is 14.9. The van der Waals surface area contributed by atoms with Crippen LogP contribution in [0, 0.1) is 5.92 Å². The summed E-state index contributed by atoms with van der Waals surface area (Å²) in [7, 11) is -1.50. The van der Waals surface area contributed by atoms with Crippen LogP contribution < -0.4 is 5.32 Å². The molecule has 21 heavy (non-hydrogen) atoms. The molecular formula is C15H25N3O2S. The van der Waals surface area contributed by atoms with Gasteiger partial charge in [-0.2, -0.15) is 4.31 Å². The van der Waals surface area contributed by atoms with E-state index in [4.69, 9.17) is 0 Å². The molecule has 2 N–H and O–H groups in total. The Labute approximate surface area is 127 Å². The Morgan fingerprint density at radius 2 is 2.05 bits per heavy atom. The van der Waals surface area contributed by atoms with E-state index in [-0.39, 0.29) is 6.04 Å². The molecule has 2 fully saturated rings. The second-order valence-electron chi connectivity index (χ2n) is 6.26. The molecular weight excluding hydrogens is 286 g/mol. The Morgan fingerprint density at radius 3 is 2.76 bits per heavy atom. The van der Waals surface area contributed by atoms with Gasteiger partial charge in [-0.3, -0.25) is 0 Å². The molecule has 6 heteroatoms. The number of nitrogens with zero attached hydrogens (tertiary/aromatic N) is 1. The molecule has 118 valence electrons. The number of nitrogens with one attached hydrogen (secondary N) is 2. The number of H-pyrrole nitrogens is 1. The number of rotatable bonds is 5. The molecule has 3 rings (SSSR count). The summed E-state index contributed by atoms with van der Waals surface area (Å²) in [5.74, 6) is 0.568. The standard InChI is InChI=1S/C15H25N3O2S/c1-16-10-13-9-14(11-17-13)21(19,20)18-8-4-7-15(18)12-5-2-3-6-12/h9,11-12,15-17H,2-8,10H2,1H3. The van der Waals surface area contributed by atoms with Crippen molar-refractivity contribution in [2.45, 2.75) is 56.0 Å². The highest BCUT2D eigenvalue weighted by Gasteiger charge is 2.40. The quantitative estimate of drug-likeness (QED) is 0.875. The van der Waals surface area contributed by atoms with E-state index in [1.54, 1.807) is 16.6 Å². The van der Waals surface area contributed by atoms with E-state index in [1.807, 2.05) is 7.05 Å². The SMILES string of the molecule is CNCc1cc(S(=O)(=O)N2CCCC2C2CCCC2)c[nH]1. The van der Waals surface area contributed by atoms with Crippen LogP contribution in [0.5, 0.6) is 0 Å². The molecule has 1 saturated heterocycles.